The number of benzene rings is 1. The highest BCUT2D eigenvalue weighted by atomic mass is 19.3. The first-order valence-corrected chi connectivity index (χ1v) is 7.07. The molecule has 1 fully saturated rings. The van der Waals surface area contributed by atoms with Gasteiger partial charge in [-0.05, 0) is 37.0 Å². The van der Waals surface area contributed by atoms with E-state index in [4.69, 9.17) is 5.73 Å². The van der Waals surface area contributed by atoms with E-state index >= 15 is 0 Å². The van der Waals surface area contributed by atoms with Gasteiger partial charge in [0.25, 0.3) is 5.91 Å². The van der Waals surface area contributed by atoms with Crippen LogP contribution in [0, 0.1) is 5.92 Å². The molecule has 0 radical (unpaired) electrons. The predicted octanol–water partition coefficient (Wildman–Crippen LogP) is 2.49. The summed E-state index contributed by atoms with van der Waals surface area (Å²) in [5.74, 6) is 0.346. The molecule has 0 aliphatic carbocycles. The summed E-state index contributed by atoms with van der Waals surface area (Å²) >= 11 is 0. The number of hydrogen-bond acceptors (Lipinski definition) is 3. The van der Waals surface area contributed by atoms with Gasteiger partial charge in [-0.25, -0.2) is 0 Å². The molecule has 116 valence electrons. The Bertz CT molecular complexity index is 496. The number of hydrogen-bond donors (Lipinski definition) is 1. The number of likely N-dealkylation sites (tertiary alicyclic amines) is 1. The fourth-order valence-corrected chi connectivity index (χ4v) is 2.71. The Labute approximate surface area is 122 Å². The van der Waals surface area contributed by atoms with Crippen LogP contribution in [0.15, 0.2) is 24.3 Å². The number of nitrogens with zero attached hydrogens (tertiary/aromatic N) is 1. The smallest absolute Gasteiger partial charge is 0.387 e. The Kier molecular flexibility index (Phi) is 5.12. The molecule has 1 amide bonds. The lowest BCUT2D eigenvalue weighted by molar-refractivity contribution is -0.0499. The topological polar surface area (TPSA) is 55.6 Å². The van der Waals surface area contributed by atoms with Crippen molar-refractivity contribution in [2.75, 3.05) is 13.1 Å². The van der Waals surface area contributed by atoms with Crippen LogP contribution in [0.2, 0.25) is 0 Å². The highest BCUT2D eigenvalue weighted by Gasteiger charge is 2.29. The second-order valence-electron chi connectivity index (χ2n) is 5.42. The van der Waals surface area contributed by atoms with Gasteiger partial charge in [0.05, 0.1) is 0 Å². The summed E-state index contributed by atoms with van der Waals surface area (Å²) in [6.07, 6.45) is 1.80. The molecule has 4 nitrogen and oxygen atoms in total. The SMILES string of the molecule is CC1CCN(C(=O)c2cccc(OC(F)F)c2)C(CN)C1. The molecular weight excluding hydrogens is 278 g/mol. The lowest BCUT2D eigenvalue weighted by Crippen LogP contribution is -2.49. The fourth-order valence-electron chi connectivity index (χ4n) is 2.71. The second kappa shape index (κ2) is 6.85. The molecule has 1 aromatic carbocycles. The molecular formula is C15H20F2N2O2. The van der Waals surface area contributed by atoms with Crippen molar-refractivity contribution in [2.24, 2.45) is 11.7 Å². The Hall–Kier alpha value is -1.69. The van der Waals surface area contributed by atoms with Crippen molar-refractivity contribution in [2.45, 2.75) is 32.4 Å². The van der Waals surface area contributed by atoms with Crippen LogP contribution in [0.4, 0.5) is 8.78 Å². The molecule has 2 unspecified atom stereocenters. The van der Waals surface area contributed by atoms with Gasteiger partial charge in [0, 0.05) is 24.7 Å². The number of ether oxygens (including phenoxy) is 1. The Morgan fingerprint density at radius 1 is 1.52 bits per heavy atom. The first-order valence-electron chi connectivity index (χ1n) is 7.07. The van der Waals surface area contributed by atoms with Crippen molar-refractivity contribution in [1.29, 1.82) is 0 Å². The Morgan fingerprint density at radius 2 is 2.29 bits per heavy atom. The molecule has 2 N–H and O–H groups in total. The third-order valence-corrected chi connectivity index (χ3v) is 3.82. The zero-order chi connectivity index (χ0) is 15.4. The number of rotatable bonds is 4. The standard InChI is InChI=1S/C15H20F2N2O2/c1-10-5-6-19(12(7-10)9-18)14(20)11-3-2-4-13(8-11)21-15(16)17/h2-4,8,10,12,15H,5-7,9,18H2,1H3. The maximum Gasteiger partial charge on any atom is 0.387 e. The van der Waals surface area contributed by atoms with E-state index in [1.54, 1.807) is 11.0 Å². The minimum Gasteiger partial charge on any atom is -0.435 e. The molecule has 1 aliphatic heterocycles. The summed E-state index contributed by atoms with van der Waals surface area (Å²) in [4.78, 5) is 14.3. The summed E-state index contributed by atoms with van der Waals surface area (Å²) in [6, 6.07) is 5.89. The lowest BCUT2D eigenvalue weighted by Gasteiger charge is -2.38. The van der Waals surface area contributed by atoms with Crippen LogP contribution < -0.4 is 10.5 Å². The van der Waals surface area contributed by atoms with Crippen molar-refractivity contribution in [3.63, 3.8) is 0 Å². The van der Waals surface area contributed by atoms with Gasteiger partial charge in [-0.15, -0.1) is 0 Å². The third kappa shape index (κ3) is 3.91. The van der Waals surface area contributed by atoms with Crippen molar-refractivity contribution < 1.29 is 18.3 Å². The minimum absolute atomic E-state index is 0.000855. The number of piperidine rings is 1. The van der Waals surface area contributed by atoms with Crippen molar-refractivity contribution in [1.82, 2.24) is 4.90 Å². The third-order valence-electron chi connectivity index (χ3n) is 3.82. The van der Waals surface area contributed by atoms with E-state index in [-0.39, 0.29) is 17.7 Å². The van der Waals surface area contributed by atoms with Gasteiger partial charge in [0.2, 0.25) is 0 Å². The van der Waals surface area contributed by atoms with Gasteiger partial charge in [-0.3, -0.25) is 4.79 Å². The Morgan fingerprint density at radius 3 is 2.95 bits per heavy atom. The van der Waals surface area contributed by atoms with Crippen molar-refractivity contribution in [3.05, 3.63) is 29.8 Å². The molecule has 1 aromatic rings. The molecule has 1 heterocycles. The number of amides is 1. The van der Waals surface area contributed by atoms with Gasteiger partial charge in [0.15, 0.2) is 0 Å². The van der Waals surface area contributed by atoms with Crippen LogP contribution in [0.1, 0.15) is 30.1 Å². The molecule has 1 saturated heterocycles. The quantitative estimate of drug-likeness (QED) is 0.929. The first-order chi connectivity index (χ1) is 10.0. The summed E-state index contributed by atoms with van der Waals surface area (Å²) in [5.41, 5.74) is 6.10. The molecule has 6 heteroatoms. The summed E-state index contributed by atoms with van der Waals surface area (Å²) in [7, 11) is 0. The molecule has 1 aliphatic rings. The molecule has 0 bridgehead atoms. The largest absolute Gasteiger partial charge is 0.435 e. The molecule has 2 rings (SSSR count). The molecule has 2 atom stereocenters. The molecule has 0 saturated carbocycles. The zero-order valence-corrected chi connectivity index (χ0v) is 12.0. The van der Waals surface area contributed by atoms with Crippen molar-refractivity contribution in [3.8, 4) is 5.75 Å². The van der Waals surface area contributed by atoms with Gasteiger partial charge in [0.1, 0.15) is 5.75 Å². The summed E-state index contributed by atoms with van der Waals surface area (Å²) in [5, 5.41) is 0. The number of nitrogens with two attached hydrogens (primary N) is 1. The average Bonchev–Trinajstić information content (AvgIpc) is 2.46. The van der Waals surface area contributed by atoms with Gasteiger partial charge in [-0.2, -0.15) is 8.78 Å². The first kappa shape index (κ1) is 15.7. The van der Waals surface area contributed by atoms with Crippen LogP contribution >= 0.6 is 0 Å². The van der Waals surface area contributed by atoms with Gasteiger partial charge >= 0.3 is 6.61 Å². The van der Waals surface area contributed by atoms with Crippen LogP contribution in [0.3, 0.4) is 0 Å². The van der Waals surface area contributed by atoms with Gasteiger partial charge in [-0.1, -0.05) is 13.0 Å². The van der Waals surface area contributed by atoms with E-state index in [1.807, 2.05) is 0 Å². The molecule has 21 heavy (non-hydrogen) atoms. The van der Waals surface area contributed by atoms with E-state index in [2.05, 4.69) is 11.7 Å². The zero-order valence-electron chi connectivity index (χ0n) is 12.0. The highest BCUT2D eigenvalue weighted by Crippen LogP contribution is 2.25. The van der Waals surface area contributed by atoms with E-state index in [1.165, 1.54) is 18.2 Å². The van der Waals surface area contributed by atoms with Crippen LogP contribution in [0.5, 0.6) is 5.75 Å². The highest BCUT2D eigenvalue weighted by molar-refractivity contribution is 5.94. The maximum atomic E-state index is 12.5. The van der Waals surface area contributed by atoms with E-state index in [0.29, 0.717) is 24.6 Å². The number of carbonyl (C=O) groups is 1. The van der Waals surface area contributed by atoms with Gasteiger partial charge < -0.3 is 15.4 Å². The van der Waals surface area contributed by atoms with E-state index in [0.717, 1.165) is 12.8 Å². The minimum atomic E-state index is -2.90. The Balaban J connectivity index is 2.15. The molecule has 0 spiro atoms. The van der Waals surface area contributed by atoms with E-state index < -0.39 is 6.61 Å². The predicted molar refractivity (Wildman–Crippen MR) is 75.4 cm³/mol. The second-order valence-corrected chi connectivity index (χ2v) is 5.42. The maximum absolute atomic E-state index is 12.5. The monoisotopic (exact) mass is 298 g/mol. The summed E-state index contributed by atoms with van der Waals surface area (Å²) < 4.78 is 28.8. The fraction of sp³-hybridized carbons (Fsp3) is 0.533. The van der Waals surface area contributed by atoms with Crippen LogP contribution in [-0.4, -0.2) is 36.5 Å². The average molecular weight is 298 g/mol. The van der Waals surface area contributed by atoms with Crippen LogP contribution in [-0.2, 0) is 0 Å². The normalized spacial score (nSPS) is 22.4. The number of carbonyl (C=O) groups excluding carboxylic acids is 1. The summed E-state index contributed by atoms with van der Waals surface area (Å²) in [6.45, 7) is 0.287. The van der Waals surface area contributed by atoms with Crippen LogP contribution in [0.25, 0.3) is 0 Å². The lowest BCUT2D eigenvalue weighted by atomic mass is 9.92. The van der Waals surface area contributed by atoms with Crippen molar-refractivity contribution >= 4 is 5.91 Å². The number of alkyl halides is 2. The molecule has 0 aromatic heterocycles. The number of halogens is 2. The van der Waals surface area contributed by atoms with E-state index in [9.17, 15) is 13.6 Å².